The van der Waals surface area contributed by atoms with Gasteiger partial charge in [0.15, 0.2) is 0 Å². The lowest BCUT2D eigenvalue weighted by molar-refractivity contribution is 0.708. The van der Waals surface area contributed by atoms with E-state index in [-0.39, 0.29) is 17.3 Å². The van der Waals surface area contributed by atoms with Gasteiger partial charge in [0.1, 0.15) is 0 Å². The Balaban J connectivity index is 1.96. The highest BCUT2D eigenvalue weighted by Gasteiger charge is 2.30. The minimum atomic E-state index is -0.327. The second kappa shape index (κ2) is 5.48. The van der Waals surface area contributed by atoms with Crippen molar-refractivity contribution in [1.82, 2.24) is 13.7 Å². The van der Waals surface area contributed by atoms with E-state index in [0.717, 1.165) is 27.2 Å². The zero-order valence-corrected chi connectivity index (χ0v) is 15.0. The maximum Gasteiger partial charge on any atom is 0.331 e. The van der Waals surface area contributed by atoms with Crippen molar-refractivity contribution in [3.8, 4) is 5.69 Å². The molecule has 2 aromatic heterocycles. The molecule has 1 aliphatic rings. The third kappa shape index (κ3) is 2.07. The lowest BCUT2D eigenvalue weighted by atomic mass is 9.99. The summed E-state index contributed by atoms with van der Waals surface area (Å²) in [6, 6.07) is 17.9. The molecule has 1 aliphatic heterocycles. The summed E-state index contributed by atoms with van der Waals surface area (Å²) < 4.78 is 4.76. The number of rotatable bonds is 1. The number of hydrogen-bond donors (Lipinski definition) is 1. The predicted molar refractivity (Wildman–Crippen MR) is 106 cm³/mol. The van der Waals surface area contributed by atoms with Gasteiger partial charge >= 0.3 is 5.69 Å². The topological polar surface area (TPSA) is 61.0 Å². The molecular formula is C21H18N4O2. The number of aryl methyl sites for hydroxylation is 1. The Labute approximate surface area is 154 Å². The average Bonchev–Trinajstić information content (AvgIpc) is 3.12. The van der Waals surface area contributed by atoms with Gasteiger partial charge in [-0.15, -0.1) is 0 Å². The molecule has 0 amide bonds. The van der Waals surface area contributed by atoms with Crippen LogP contribution in [0, 0.1) is 0 Å². The summed E-state index contributed by atoms with van der Waals surface area (Å²) in [5.41, 5.74) is 3.98. The number of nitrogens with zero attached hydrogens (tertiary/aromatic N) is 3. The molecule has 0 spiro atoms. The Morgan fingerprint density at radius 2 is 1.59 bits per heavy atom. The first-order chi connectivity index (χ1) is 13.1. The van der Waals surface area contributed by atoms with Gasteiger partial charge in [-0.05, 0) is 17.7 Å². The minimum absolute atomic E-state index is 0.170. The van der Waals surface area contributed by atoms with Crippen LogP contribution in [0.4, 0.5) is 5.69 Å². The molecule has 2 aromatic carbocycles. The van der Waals surface area contributed by atoms with E-state index in [1.165, 1.54) is 7.05 Å². The van der Waals surface area contributed by atoms with Gasteiger partial charge in [0, 0.05) is 20.3 Å². The minimum Gasteiger partial charge on any atom is -0.371 e. The smallest absolute Gasteiger partial charge is 0.331 e. The van der Waals surface area contributed by atoms with Crippen LogP contribution >= 0.6 is 0 Å². The van der Waals surface area contributed by atoms with Crippen LogP contribution in [0.1, 0.15) is 17.3 Å². The van der Waals surface area contributed by atoms with Gasteiger partial charge in [-0.1, -0.05) is 42.5 Å². The first-order valence-corrected chi connectivity index (χ1v) is 8.80. The van der Waals surface area contributed by atoms with E-state index in [1.54, 1.807) is 11.6 Å². The highest BCUT2D eigenvalue weighted by Crippen LogP contribution is 2.40. The van der Waals surface area contributed by atoms with Gasteiger partial charge in [0.2, 0.25) is 0 Å². The molecule has 0 bridgehead atoms. The summed E-state index contributed by atoms with van der Waals surface area (Å²) in [6.07, 6.45) is 1.85. The van der Waals surface area contributed by atoms with Crippen molar-refractivity contribution in [3.05, 3.63) is 92.9 Å². The fraction of sp³-hybridized carbons (Fsp3) is 0.143. The van der Waals surface area contributed by atoms with Gasteiger partial charge in [-0.3, -0.25) is 13.9 Å². The van der Waals surface area contributed by atoms with E-state index in [4.69, 9.17) is 0 Å². The van der Waals surface area contributed by atoms with Crippen molar-refractivity contribution < 1.29 is 0 Å². The van der Waals surface area contributed by atoms with Crippen LogP contribution in [-0.2, 0) is 14.1 Å². The summed E-state index contributed by atoms with van der Waals surface area (Å²) in [6.45, 7) is 0. The van der Waals surface area contributed by atoms with Gasteiger partial charge in [0.25, 0.3) is 5.56 Å². The monoisotopic (exact) mass is 358 g/mol. The maximum absolute atomic E-state index is 12.8. The Morgan fingerprint density at radius 3 is 2.37 bits per heavy atom. The Hall–Kier alpha value is -3.54. The summed E-state index contributed by atoms with van der Waals surface area (Å²) >= 11 is 0. The molecule has 5 rings (SSSR count). The average molecular weight is 358 g/mol. The van der Waals surface area contributed by atoms with E-state index >= 15 is 0 Å². The molecule has 3 heterocycles. The summed E-state index contributed by atoms with van der Waals surface area (Å²) in [4.78, 5) is 25.4. The highest BCUT2D eigenvalue weighted by atomic mass is 16.2. The largest absolute Gasteiger partial charge is 0.371 e. The maximum atomic E-state index is 12.8. The summed E-state index contributed by atoms with van der Waals surface area (Å²) in [5.74, 6) is 0. The van der Waals surface area contributed by atoms with E-state index in [0.29, 0.717) is 10.9 Å². The van der Waals surface area contributed by atoms with Crippen molar-refractivity contribution in [3.63, 3.8) is 0 Å². The normalized spacial score (nSPS) is 15.3. The van der Waals surface area contributed by atoms with E-state index < -0.39 is 0 Å². The van der Waals surface area contributed by atoms with Crippen molar-refractivity contribution in [2.45, 2.75) is 6.04 Å². The van der Waals surface area contributed by atoms with Crippen LogP contribution in [0.3, 0.4) is 0 Å². The number of benzene rings is 2. The zero-order chi connectivity index (χ0) is 18.7. The molecule has 0 saturated heterocycles. The SMILES string of the molecule is Cn1c(=O)c2cn3c(c2n(C)c1=O)C(c1ccccc1)Nc1ccccc1-3. The molecule has 6 nitrogen and oxygen atoms in total. The molecule has 1 N–H and O–H groups in total. The first-order valence-electron chi connectivity index (χ1n) is 8.80. The van der Waals surface area contributed by atoms with Gasteiger partial charge in [-0.2, -0.15) is 0 Å². The van der Waals surface area contributed by atoms with Crippen LogP contribution in [0.25, 0.3) is 16.6 Å². The molecule has 134 valence electrons. The Morgan fingerprint density at radius 1 is 0.889 bits per heavy atom. The van der Waals surface area contributed by atoms with E-state index in [9.17, 15) is 9.59 Å². The Kier molecular flexibility index (Phi) is 3.18. The van der Waals surface area contributed by atoms with Gasteiger partial charge in [-0.25, -0.2) is 4.79 Å². The summed E-state index contributed by atoms with van der Waals surface area (Å²) in [5, 5.41) is 4.12. The van der Waals surface area contributed by atoms with Crippen molar-refractivity contribution in [2.24, 2.45) is 14.1 Å². The second-order valence-electron chi connectivity index (χ2n) is 6.86. The molecule has 0 fully saturated rings. The molecule has 1 atom stereocenters. The molecule has 1 unspecified atom stereocenters. The zero-order valence-electron chi connectivity index (χ0n) is 15.0. The van der Waals surface area contributed by atoms with Crippen LogP contribution < -0.4 is 16.6 Å². The van der Waals surface area contributed by atoms with Crippen LogP contribution in [0.5, 0.6) is 0 Å². The molecule has 0 radical (unpaired) electrons. The third-order valence-corrected chi connectivity index (χ3v) is 5.33. The van der Waals surface area contributed by atoms with Crippen molar-refractivity contribution in [2.75, 3.05) is 5.32 Å². The van der Waals surface area contributed by atoms with Crippen LogP contribution in [0.2, 0.25) is 0 Å². The number of hydrogen-bond acceptors (Lipinski definition) is 3. The Bertz CT molecular complexity index is 1310. The third-order valence-electron chi connectivity index (χ3n) is 5.33. The lowest BCUT2D eigenvalue weighted by Gasteiger charge is -2.30. The van der Waals surface area contributed by atoms with Crippen molar-refractivity contribution >= 4 is 16.6 Å². The first kappa shape index (κ1) is 15.7. The molecule has 6 heteroatoms. The van der Waals surface area contributed by atoms with Gasteiger partial charge < -0.3 is 9.88 Å². The van der Waals surface area contributed by atoms with Crippen LogP contribution in [-0.4, -0.2) is 13.7 Å². The standard InChI is InChI=1S/C21H18N4O2/c1-23-18-14(20(26)24(2)21(23)27)12-25-16-11-7-6-10-15(16)22-17(19(18)25)13-8-4-3-5-9-13/h3-12,17,22H,1-2H3. The number of para-hydroxylation sites is 2. The lowest BCUT2D eigenvalue weighted by Crippen LogP contribution is -2.37. The quantitative estimate of drug-likeness (QED) is 0.569. The highest BCUT2D eigenvalue weighted by molar-refractivity contribution is 5.86. The molecule has 0 saturated carbocycles. The molecule has 4 aromatic rings. The number of nitrogens with one attached hydrogen (secondary N) is 1. The number of fused-ring (bicyclic) bond motifs is 5. The van der Waals surface area contributed by atoms with E-state index in [2.05, 4.69) is 5.32 Å². The van der Waals surface area contributed by atoms with Crippen molar-refractivity contribution in [1.29, 1.82) is 0 Å². The summed E-state index contributed by atoms with van der Waals surface area (Å²) in [7, 11) is 3.23. The fourth-order valence-corrected chi connectivity index (χ4v) is 4.00. The van der Waals surface area contributed by atoms with Gasteiger partial charge in [0.05, 0.1) is 34.0 Å². The van der Waals surface area contributed by atoms with Crippen LogP contribution in [0.15, 0.2) is 70.4 Å². The molecule has 27 heavy (non-hydrogen) atoms. The molecular weight excluding hydrogens is 340 g/mol. The second-order valence-corrected chi connectivity index (χ2v) is 6.86. The predicted octanol–water partition coefficient (Wildman–Crippen LogP) is 2.54. The fourth-order valence-electron chi connectivity index (χ4n) is 4.00. The van der Waals surface area contributed by atoms with E-state index in [1.807, 2.05) is 65.4 Å². The number of aromatic nitrogens is 3. The molecule has 0 aliphatic carbocycles. The number of anilines is 1.